The first-order chi connectivity index (χ1) is 22.5. The summed E-state index contributed by atoms with van der Waals surface area (Å²) >= 11 is 6.09. The quantitative estimate of drug-likeness (QED) is 0.173. The Morgan fingerprint density at radius 1 is 0.830 bits per heavy atom. The van der Waals surface area contributed by atoms with E-state index >= 15 is 0 Å². The van der Waals surface area contributed by atoms with Crippen LogP contribution in [0.15, 0.2) is 102 Å². The number of rotatable bonds is 12. The number of sulfonamides is 1. The van der Waals surface area contributed by atoms with E-state index in [0.717, 1.165) is 57.8 Å². The predicted molar refractivity (Wildman–Crippen MR) is 188 cm³/mol. The maximum Gasteiger partial charge on any atom is 0.264 e. The van der Waals surface area contributed by atoms with Crippen molar-refractivity contribution in [3.05, 3.63) is 130 Å². The minimum absolute atomic E-state index is 0.0119. The van der Waals surface area contributed by atoms with E-state index in [9.17, 15) is 18.0 Å². The maximum absolute atomic E-state index is 14.7. The number of carbonyl (C=O) groups excluding carboxylic acids is 2. The van der Waals surface area contributed by atoms with Gasteiger partial charge in [-0.05, 0) is 92.3 Å². The Kier molecular flexibility index (Phi) is 11.0. The molecular formula is C38H42ClN3O4S. The van der Waals surface area contributed by atoms with Gasteiger partial charge in [0.2, 0.25) is 11.8 Å². The minimum atomic E-state index is -4.20. The first-order valence-corrected chi connectivity index (χ1v) is 17.9. The number of anilines is 1. The molecule has 2 amide bonds. The Bertz CT molecular complexity index is 1790. The molecule has 1 aliphatic carbocycles. The third-order valence-electron chi connectivity index (χ3n) is 8.91. The molecule has 1 N–H and O–H groups in total. The van der Waals surface area contributed by atoms with Crippen LogP contribution >= 0.6 is 11.6 Å². The van der Waals surface area contributed by atoms with Crippen LogP contribution < -0.4 is 9.62 Å². The highest BCUT2D eigenvalue weighted by molar-refractivity contribution is 7.92. The largest absolute Gasteiger partial charge is 0.352 e. The molecule has 7 nitrogen and oxygen atoms in total. The molecule has 246 valence electrons. The van der Waals surface area contributed by atoms with Gasteiger partial charge in [0.15, 0.2) is 0 Å². The fraction of sp³-hybridized carbons (Fsp3) is 0.316. The molecule has 5 rings (SSSR count). The Balaban J connectivity index is 1.57. The molecule has 0 spiro atoms. The normalized spacial score (nSPS) is 14.0. The SMILES string of the molecule is Cc1ccc(CN(C(=O)CN(c2ccc(C)c(C)c2)S(=O)(=O)c2ccc(Cl)cc2)[C@H](Cc2ccccc2)C(=O)NC2CCCC2)cc1. The van der Waals surface area contributed by atoms with Gasteiger partial charge in [-0.2, -0.15) is 0 Å². The van der Waals surface area contributed by atoms with Gasteiger partial charge in [0.1, 0.15) is 12.6 Å². The summed E-state index contributed by atoms with van der Waals surface area (Å²) < 4.78 is 29.6. The van der Waals surface area contributed by atoms with Gasteiger partial charge < -0.3 is 10.2 Å². The van der Waals surface area contributed by atoms with Crippen LogP contribution in [-0.2, 0) is 32.6 Å². The third-order valence-corrected chi connectivity index (χ3v) is 10.9. The summed E-state index contributed by atoms with van der Waals surface area (Å²) in [6.07, 6.45) is 4.18. The molecule has 0 aliphatic heterocycles. The third kappa shape index (κ3) is 8.62. The second-order valence-electron chi connectivity index (χ2n) is 12.4. The summed E-state index contributed by atoms with van der Waals surface area (Å²) in [7, 11) is -4.20. The zero-order valence-electron chi connectivity index (χ0n) is 27.2. The minimum Gasteiger partial charge on any atom is -0.352 e. The second-order valence-corrected chi connectivity index (χ2v) is 14.7. The number of nitrogens with one attached hydrogen (secondary N) is 1. The van der Waals surface area contributed by atoms with E-state index in [-0.39, 0.29) is 29.8 Å². The summed E-state index contributed by atoms with van der Waals surface area (Å²) in [5.41, 5.74) is 5.06. The standard InChI is InChI=1S/C38H42ClN3O4S/c1-27-13-16-31(17-14-27)25-41(36(24-30-9-5-4-6-10-30)38(44)40-33-11-7-8-12-33)37(43)26-42(34-20-15-28(2)29(3)23-34)47(45,46)35-21-18-32(39)19-22-35/h4-6,9-10,13-23,33,36H,7-8,11-12,24-26H2,1-3H3,(H,40,44)/t36-/m1/s1. The van der Waals surface area contributed by atoms with Crippen LogP contribution in [0.25, 0.3) is 0 Å². The maximum atomic E-state index is 14.7. The highest BCUT2D eigenvalue weighted by Gasteiger charge is 2.35. The van der Waals surface area contributed by atoms with Crippen LogP contribution in [0, 0.1) is 20.8 Å². The topological polar surface area (TPSA) is 86.8 Å². The fourth-order valence-corrected chi connectivity index (χ4v) is 7.49. The summed E-state index contributed by atoms with van der Waals surface area (Å²) in [6.45, 7) is 5.48. The average Bonchev–Trinajstić information content (AvgIpc) is 3.57. The van der Waals surface area contributed by atoms with Gasteiger partial charge in [-0.1, -0.05) is 90.7 Å². The summed E-state index contributed by atoms with van der Waals surface area (Å²) in [4.78, 5) is 30.4. The van der Waals surface area contributed by atoms with E-state index in [2.05, 4.69) is 5.32 Å². The van der Waals surface area contributed by atoms with Crippen LogP contribution in [0.2, 0.25) is 5.02 Å². The van der Waals surface area contributed by atoms with Crippen LogP contribution in [0.1, 0.15) is 53.5 Å². The Morgan fingerprint density at radius 3 is 2.13 bits per heavy atom. The van der Waals surface area contributed by atoms with Crippen molar-refractivity contribution < 1.29 is 18.0 Å². The molecule has 0 saturated heterocycles. The molecule has 0 bridgehead atoms. The second kappa shape index (κ2) is 15.2. The molecule has 1 aliphatic rings. The van der Waals surface area contributed by atoms with Gasteiger partial charge in [0.25, 0.3) is 10.0 Å². The van der Waals surface area contributed by atoms with Crippen molar-refractivity contribution in [2.75, 3.05) is 10.8 Å². The van der Waals surface area contributed by atoms with Crippen LogP contribution in [-0.4, -0.2) is 43.8 Å². The average molecular weight is 672 g/mol. The lowest BCUT2D eigenvalue weighted by molar-refractivity contribution is -0.140. The molecule has 4 aromatic rings. The Labute approximate surface area is 283 Å². The lowest BCUT2D eigenvalue weighted by Gasteiger charge is -2.34. The Hall–Kier alpha value is -4.14. The number of hydrogen-bond acceptors (Lipinski definition) is 4. The summed E-state index contributed by atoms with van der Waals surface area (Å²) in [5.74, 6) is -0.719. The monoisotopic (exact) mass is 671 g/mol. The molecule has 47 heavy (non-hydrogen) atoms. The Morgan fingerprint density at radius 2 is 1.49 bits per heavy atom. The first-order valence-electron chi connectivity index (χ1n) is 16.1. The zero-order valence-corrected chi connectivity index (χ0v) is 28.7. The lowest BCUT2D eigenvalue weighted by Crippen LogP contribution is -2.54. The van der Waals surface area contributed by atoms with E-state index in [1.807, 2.05) is 81.4 Å². The lowest BCUT2D eigenvalue weighted by atomic mass is 10.0. The van der Waals surface area contributed by atoms with Crippen molar-refractivity contribution in [2.45, 2.75) is 76.4 Å². The van der Waals surface area contributed by atoms with Gasteiger partial charge >= 0.3 is 0 Å². The molecule has 1 atom stereocenters. The number of carbonyl (C=O) groups is 2. The predicted octanol–water partition coefficient (Wildman–Crippen LogP) is 7.16. The van der Waals surface area contributed by atoms with Crippen molar-refractivity contribution in [1.82, 2.24) is 10.2 Å². The highest BCUT2D eigenvalue weighted by atomic mass is 35.5. The molecule has 0 heterocycles. The fourth-order valence-electron chi connectivity index (χ4n) is 5.95. The zero-order chi connectivity index (χ0) is 33.6. The molecule has 9 heteroatoms. The van der Waals surface area contributed by atoms with Crippen LogP contribution in [0.4, 0.5) is 5.69 Å². The van der Waals surface area contributed by atoms with E-state index in [4.69, 9.17) is 11.6 Å². The van der Waals surface area contributed by atoms with Gasteiger partial charge in [-0.3, -0.25) is 13.9 Å². The van der Waals surface area contributed by atoms with Crippen molar-refractivity contribution in [3.8, 4) is 0 Å². The smallest absolute Gasteiger partial charge is 0.264 e. The van der Waals surface area contributed by atoms with Crippen LogP contribution in [0.5, 0.6) is 0 Å². The number of hydrogen-bond donors (Lipinski definition) is 1. The van der Waals surface area contributed by atoms with Gasteiger partial charge in [-0.15, -0.1) is 0 Å². The molecule has 4 aromatic carbocycles. The van der Waals surface area contributed by atoms with Crippen molar-refractivity contribution in [2.24, 2.45) is 0 Å². The highest BCUT2D eigenvalue weighted by Crippen LogP contribution is 2.28. The van der Waals surface area contributed by atoms with Crippen molar-refractivity contribution in [3.63, 3.8) is 0 Å². The molecular weight excluding hydrogens is 630 g/mol. The number of benzene rings is 4. The molecule has 0 unspecified atom stereocenters. The molecule has 0 radical (unpaired) electrons. The number of amides is 2. The van der Waals surface area contributed by atoms with E-state index in [0.29, 0.717) is 10.7 Å². The van der Waals surface area contributed by atoms with Crippen molar-refractivity contribution in [1.29, 1.82) is 0 Å². The number of nitrogens with zero attached hydrogens (tertiary/aromatic N) is 2. The molecule has 1 saturated carbocycles. The van der Waals surface area contributed by atoms with Crippen molar-refractivity contribution >= 4 is 39.1 Å². The van der Waals surface area contributed by atoms with Gasteiger partial charge in [0.05, 0.1) is 10.6 Å². The van der Waals surface area contributed by atoms with E-state index in [1.54, 1.807) is 17.0 Å². The van der Waals surface area contributed by atoms with Crippen LogP contribution in [0.3, 0.4) is 0 Å². The van der Waals surface area contributed by atoms with Gasteiger partial charge in [0, 0.05) is 24.0 Å². The number of aryl methyl sites for hydroxylation is 3. The summed E-state index contributed by atoms with van der Waals surface area (Å²) in [6, 6.07) is 27.8. The van der Waals surface area contributed by atoms with E-state index in [1.165, 1.54) is 24.3 Å². The number of halogens is 1. The molecule has 0 aromatic heterocycles. The first kappa shape index (κ1) is 34.2. The van der Waals surface area contributed by atoms with E-state index < -0.39 is 28.5 Å². The summed E-state index contributed by atoms with van der Waals surface area (Å²) in [5, 5.41) is 3.61. The van der Waals surface area contributed by atoms with Gasteiger partial charge in [-0.25, -0.2) is 8.42 Å². The molecule has 1 fully saturated rings.